The Morgan fingerprint density at radius 1 is 1.24 bits per heavy atom. The minimum absolute atomic E-state index is 0.456. The van der Waals surface area contributed by atoms with Crippen molar-refractivity contribution >= 4 is 23.5 Å². The molecule has 0 atom stereocenters. The van der Waals surface area contributed by atoms with Crippen molar-refractivity contribution in [3.05, 3.63) is 40.6 Å². The van der Waals surface area contributed by atoms with E-state index in [1.54, 1.807) is 0 Å². The van der Waals surface area contributed by atoms with Crippen molar-refractivity contribution in [3.63, 3.8) is 0 Å². The van der Waals surface area contributed by atoms with Crippen LogP contribution in [-0.4, -0.2) is 4.98 Å². The first kappa shape index (κ1) is 12.4. The fraction of sp³-hybridized carbons (Fsp3) is 0.400. The molecule has 17 heavy (non-hydrogen) atoms. The molecule has 1 aromatic heterocycles. The number of fused-ring (bicyclic) bond motifs is 1. The summed E-state index contributed by atoms with van der Waals surface area (Å²) in [5.74, 6) is 1.22. The topological polar surface area (TPSA) is 12.9 Å². The summed E-state index contributed by atoms with van der Waals surface area (Å²) in [6.07, 6.45) is 0. The van der Waals surface area contributed by atoms with Gasteiger partial charge in [-0.25, -0.2) is 0 Å². The number of pyridine rings is 1. The normalized spacial score (nSPS) is 11.4. The number of aromatic nitrogens is 1. The molecular formula is C15H19NS. The van der Waals surface area contributed by atoms with E-state index in [1.807, 2.05) is 0 Å². The van der Waals surface area contributed by atoms with Crippen LogP contribution in [0.4, 0.5) is 0 Å². The maximum atomic E-state index is 4.81. The lowest BCUT2D eigenvalue weighted by atomic mass is 9.99. The Morgan fingerprint density at radius 2 is 1.94 bits per heavy atom. The van der Waals surface area contributed by atoms with Crippen molar-refractivity contribution in [1.82, 2.24) is 4.98 Å². The maximum absolute atomic E-state index is 4.81. The van der Waals surface area contributed by atoms with E-state index < -0.39 is 0 Å². The molecule has 0 bridgehead atoms. The van der Waals surface area contributed by atoms with Gasteiger partial charge in [0.25, 0.3) is 0 Å². The van der Waals surface area contributed by atoms with Crippen molar-refractivity contribution < 1.29 is 0 Å². The van der Waals surface area contributed by atoms with Crippen molar-refractivity contribution in [2.75, 3.05) is 0 Å². The Balaban J connectivity index is 2.83. The van der Waals surface area contributed by atoms with E-state index >= 15 is 0 Å². The Labute approximate surface area is 109 Å². The van der Waals surface area contributed by atoms with Gasteiger partial charge in [-0.3, -0.25) is 4.98 Å². The quantitative estimate of drug-likeness (QED) is 0.774. The van der Waals surface area contributed by atoms with Crippen LogP contribution < -0.4 is 0 Å². The zero-order valence-electron chi connectivity index (χ0n) is 10.9. The number of hydrogen-bond acceptors (Lipinski definition) is 2. The SMILES string of the molecule is Cc1ccc2c(CS)cc(C(C)C)nc2c1C. The van der Waals surface area contributed by atoms with Gasteiger partial charge in [-0.15, -0.1) is 0 Å². The van der Waals surface area contributed by atoms with Crippen LogP contribution in [0.3, 0.4) is 0 Å². The summed E-state index contributed by atoms with van der Waals surface area (Å²) in [5, 5.41) is 1.24. The second-order valence-corrected chi connectivity index (χ2v) is 5.24. The van der Waals surface area contributed by atoms with Gasteiger partial charge in [0.05, 0.1) is 5.52 Å². The van der Waals surface area contributed by atoms with Crippen molar-refractivity contribution in [3.8, 4) is 0 Å². The van der Waals surface area contributed by atoms with Gasteiger partial charge in [0.15, 0.2) is 0 Å². The minimum Gasteiger partial charge on any atom is -0.252 e. The molecule has 0 aliphatic carbocycles. The molecule has 1 heterocycles. The van der Waals surface area contributed by atoms with Crippen LogP contribution in [-0.2, 0) is 5.75 Å². The Morgan fingerprint density at radius 3 is 2.53 bits per heavy atom. The third-order valence-electron chi connectivity index (χ3n) is 3.37. The van der Waals surface area contributed by atoms with E-state index in [-0.39, 0.29) is 0 Å². The van der Waals surface area contributed by atoms with Gasteiger partial charge in [-0.1, -0.05) is 26.0 Å². The van der Waals surface area contributed by atoms with Crippen LogP contribution in [0.2, 0.25) is 0 Å². The van der Waals surface area contributed by atoms with E-state index in [0.717, 1.165) is 17.0 Å². The third kappa shape index (κ3) is 2.19. The fourth-order valence-corrected chi connectivity index (χ4v) is 2.31. The van der Waals surface area contributed by atoms with E-state index in [1.165, 1.54) is 22.1 Å². The van der Waals surface area contributed by atoms with Crippen molar-refractivity contribution in [1.29, 1.82) is 0 Å². The summed E-state index contributed by atoms with van der Waals surface area (Å²) < 4.78 is 0. The first-order valence-electron chi connectivity index (χ1n) is 6.05. The Kier molecular flexibility index (Phi) is 3.43. The van der Waals surface area contributed by atoms with E-state index in [2.05, 4.69) is 58.5 Å². The average Bonchev–Trinajstić information content (AvgIpc) is 2.32. The van der Waals surface area contributed by atoms with Gasteiger partial charge >= 0.3 is 0 Å². The Bertz CT molecular complexity index is 558. The highest BCUT2D eigenvalue weighted by Gasteiger charge is 2.10. The first-order chi connectivity index (χ1) is 8.04. The third-order valence-corrected chi connectivity index (χ3v) is 3.71. The van der Waals surface area contributed by atoms with Crippen LogP contribution in [0.1, 0.15) is 42.1 Å². The summed E-state index contributed by atoms with van der Waals surface area (Å²) in [6, 6.07) is 6.52. The summed E-state index contributed by atoms with van der Waals surface area (Å²) in [6.45, 7) is 8.65. The highest BCUT2D eigenvalue weighted by Crippen LogP contribution is 2.27. The van der Waals surface area contributed by atoms with Gasteiger partial charge in [-0.2, -0.15) is 12.6 Å². The van der Waals surface area contributed by atoms with Crippen molar-refractivity contribution in [2.24, 2.45) is 0 Å². The molecule has 0 saturated heterocycles. The van der Waals surface area contributed by atoms with Gasteiger partial charge in [-0.05, 0) is 42.5 Å². The largest absolute Gasteiger partial charge is 0.252 e. The summed E-state index contributed by atoms with van der Waals surface area (Å²) in [5.41, 5.74) is 6.17. The van der Waals surface area contributed by atoms with Gasteiger partial charge in [0, 0.05) is 16.8 Å². The highest BCUT2D eigenvalue weighted by atomic mass is 32.1. The standard InChI is InChI=1S/C15H19NS/c1-9(2)14-7-12(8-17)13-6-5-10(3)11(4)15(13)16-14/h5-7,9,17H,8H2,1-4H3. The molecule has 0 aliphatic heterocycles. The number of aryl methyl sites for hydroxylation is 2. The monoisotopic (exact) mass is 245 g/mol. The number of nitrogens with zero attached hydrogens (tertiary/aromatic N) is 1. The number of rotatable bonds is 2. The van der Waals surface area contributed by atoms with Gasteiger partial charge < -0.3 is 0 Å². The smallest absolute Gasteiger partial charge is 0.0740 e. The molecule has 0 aliphatic rings. The molecule has 0 unspecified atom stereocenters. The average molecular weight is 245 g/mol. The lowest BCUT2D eigenvalue weighted by Crippen LogP contribution is -1.98. The molecule has 1 aromatic carbocycles. The predicted octanol–water partition coefficient (Wildman–Crippen LogP) is 4.40. The second-order valence-electron chi connectivity index (χ2n) is 4.92. The molecule has 0 saturated carbocycles. The molecule has 2 aromatic rings. The van der Waals surface area contributed by atoms with E-state index in [4.69, 9.17) is 4.98 Å². The molecule has 0 fully saturated rings. The number of thiol groups is 1. The second kappa shape index (κ2) is 4.69. The zero-order valence-corrected chi connectivity index (χ0v) is 11.8. The minimum atomic E-state index is 0.456. The molecular weight excluding hydrogens is 226 g/mol. The van der Waals surface area contributed by atoms with Crippen molar-refractivity contribution in [2.45, 2.75) is 39.4 Å². The summed E-state index contributed by atoms with van der Waals surface area (Å²) in [7, 11) is 0. The lowest BCUT2D eigenvalue weighted by molar-refractivity contribution is 0.827. The van der Waals surface area contributed by atoms with Crippen LogP contribution >= 0.6 is 12.6 Å². The molecule has 0 radical (unpaired) electrons. The highest BCUT2D eigenvalue weighted by molar-refractivity contribution is 7.79. The predicted molar refractivity (Wildman–Crippen MR) is 78.0 cm³/mol. The molecule has 2 heteroatoms. The fourth-order valence-electron chi connectivity index (χ4n) is 2.05. The molecule has 2 rings (SSSR count). The molecule has 0 amide bonds. The van der Waals surface area contributed by atoms with Crippen LogP contribution in [0, 0.1) is 13.8 Å². The van der Waals surface area contributed by atoms with E-state index in [9.17, 15) is 0 Å². The van der Waals surface area contributed by atoms with Crippen LogP contribution in [0.15, 0.2) is 18.2 Å². The number of hydrogen-bond donors (Lipinski definition) is 1. The zero-order chi connectivity index (χ0) is 12.6. The van der Waals surface area contributed by atoms with E-state index in [0.29, 0.717) is 5.92 Å². The van der Waals surface area contributed by atoms with Crippen LogP contribution in [0.25, 0.3) is 10.9 Å². The summed E-state index contributed by atoms with van der Waals surface area (Å²) in [4.78, 5) is 4.81. The molecule has 0 N–H and O–H groups in total. The maximum Gasteiger partial charge on any atom is 0.0740 e. The molecule has 1 nitrogen and oxygen atoms in total. The van der Waals surface area contributed by atoms with Gasteiger partial charge in [0.2, 0.25) is 0 Å². The molecule has 90 valence electrons. The first-order valence-corrected chi connectivity index (χ1v) is 6.68. The molecule has 0 spiro atoms. The Hall–Kier alpha value is -1.02. The summed E-state index contributed by atoms with van der Waals surface area (Å²) >= 11 is 4.43. The number of benzene rings is 1. The lowest BCUT2D eigenvalue weighted by Gasteiger charge is -2.13. The van der Waals surface area contributed by atoms with Crippen LogP contribution in [0.5, 0.6) is 0 Å². The van der Waals surface area contributed by atoms with Gasteiger partial charge in [0.1, 0.15) is 0 Å².